The molecule has 110 valence electrons. The van der Waals surface area contributed by atoms with Gasteiger partial charge in [0.25, 0.3) is 5.91 Å². The first kappa shape index (κ1) is 13.6. The summed E-state index contributed by atoms with van der Waals surface area (Å²) >= 11 is 0. The van der Waals surface area contributed by atoms with Crippen LogP contribution in [-0.4, -0.2) is 27.1 Å². The Hall–Kier alpha value is -3.42. The van der Waals surface area contributed by atoms with Crippen molar-refractivity contribution in [1.82, 2.24) is 10.1 Å². The third-order valence-electron chi connectivity index (χ3n) is 2.81. The summed E-state index contributed by atoms with van der Waals surface area (Å²) in [6.45, 7) is 0. The summed E-state index contributed by atoms with van der Waals surface area (Å²) in [5.41, 5.74) is 0.283. The van der Waals surface area contributed by atoms with Crippen LogP contribution in [0.25, 0.3) is 11.3 Å². The topological polar surface area (TPSA) is 118 Å². The molecule has 0 aromatic carbocycles. The van der Waals surface area contributed by atoms with Gasteiger partial charge in [-0.25, -0.2) is 4.79 Å². The van der Waals surface area contributed by atoms with Crippen molar-refractivity contribution >= 4 is 17.8 Å². The second kappa shape index (κ2) is 5.52. The Morgan fingerprint density at radius 2 is 2.09 bits per heavy atom. The Kier molecular flexibility index (Phi) is 3.40. The second-order valence-corrected chi connectivity index (χ2v) is 4.21. The fraction of sp³-hybridized carbons (Fsp3) is 0. The number of carbonyl (C=O) groups excluding carboxylic acids is 1. The van der Waals surface area contributed by atoms with Gasteiger partial charge in [-0.15, -0.1) is 0 Å². The van der Waals surface area contributed by atoms with Crippen molar-refractivity contribution in [1.29, 1.82) is 0 Å². The van der Waals surface area contributed by atoms with E-state index >= 15 is 0 Å². The lowest BCUT2D eigenvalue weighted by molar-refractivity contribution is 0.0698. The van der Waals surface area contributed by atoms with Gasteiger partial charge in [0.1, 0.15) is 5.69 Å². The first-order chi connectivity index (χ1) is 10.7. The lowest BCUT2D eigenvalue weighted by atomic mass is 10.1. The number of nitrogens with zero attached hydrogens (tertiary/aromatic N) is 2. The molecule has 0 fully saturated rings. The summed E-state index contributed by atoms with van der Waals surface area (Å²) in [5, 5.41) is 15.4. The molecule has 0 unspecified atom stereocenters. The van der Waals surface area contributed by atoms with Crippen molar-refractivity contribution in [2.45, 2.75) is 0 Å². The highest BCUT2D eigenvalue weighted by Crippen LogP contribution is 2.28. The number of pyridine rings is 1. The number of rotatable bonds is 4. The minimum atomic E-state index is -1.28. The number of hydrogen-bond donors (Lipinski definition) is 2. The molecule has 1 amide bonds. The maximum absolute atomic E-state index is 11.9. The average Bonchev–Trinajstić information content (AvgIpc) is 3.17. The normalized spacial score (nSPS) is 10.4. The monoisotopic (exact) mass is 299 g/mol. The summed E-state index contributed by atoms with van der Waals surface area (Å²) in [4.78, 5) is 27.2. The maximum Gasteiger partial charge on any atom is 0.343 e. The molecule has 0 atom stereocenters. The molecule has 8 heteroatoms. The number of amides is 1. The molecule has 0 radical (unpaired) electrons. The second-order valence-electron chi connectivity index (χ2n) is 4.21. The van der Waals surface area contributed by atoms with Crippen LogP contribution in [0.15, 0.2) is 51.9 Å². The fourth-order valence-corrected chi connectivity index (χ4v) is 1.85. The van der Waals surface area contributed by atoms with E-state index in [0.717, 1.165) is 0 Å². The van der Waals surface area contributed by atoms with E-state index in [-0.39, 0.29) is 22.9 Å². The van der Waals surface area contributed by atoms with Crippen LogP contribution in [0.2, 0.25) is 0 Å². The van der Waals surface area contributed by atoms with Gasteiger partial charge in [0, 0.05) is 18.0 Å². The smallest absolute Gasteiger partial charge is 0.343 e. The molecule has 0 bridgehead atoms. The Morgan fingerprint density at radius 3 is 2.73 bits per heavy atom. The first-order valence-electron chi connectivity index (χ1n) is 6.15. The molecule has 0 aliphatic carbocycles. The lowest BCUT2D eigenvalue weighted by Crippen LogP contribution is -2.13. The van der Waals surface area contributed by atoms with E-state index in [1.54, 1.807) is 18.3 Å². The summed E-state index contributed by atoms with van der Waals surface area (Å²) < 4.78 is 9.88. The molecule has 2 N–H and O–H groups in total. The number of carbonyl (C=O) groups is 2. The van der Waals surface area contributed by atoms with Gasteiger partial charge in [-0.1, -0.05) is 5.16 Å². The largest absolute Gasteiger partial charge is 0.477 e. The Balaban J connectivity index is 1.97. The first-order valence-corrected chi connectivity index (χ1v) is 6.15. The van der Waals surface area contributed by atoms with Gasteiger partial charge in [0.15, 0.2) is 11.3 Å². The zero-order valence-corrected chi connectivity index (χ0v) is 11.0. The summed E-state index contributed by atoms with van der Waals surface area (Å²) in [6.07, 6.45) is 4.32. The van der Waals surface area contributed by atoms with Crippen molar-refractivity contribution in [3.63, 3.8) is 0 Å². The van der Waals surface area contributed by atoms with Gasteiger partial charge in [-0.3, -0.25) is 15.1 Å². The number of aromatic carboxylic acids is 1. The lowest BCUT2D eigenvalue weighted by Gasteiger charge is -2.00. The molecule has 3 aromatic heterocycles. The molecule has 3 rings (SSSR count). The van der Waals surface area contributed by atoms with E-state index in [1.165, 1.54) is 24.6 Å². The van der Waals surface area contributed by atoms with E-state index < -0.39 is 11.9 Å². The van der Waals surface area contributed by atoms with Gasteiger partial charge in [-0.2, -0.15) is 0 Å². The number of aromatic nitrogens is 2. The zero-order valence-electron chi connectivity index (χ0n) is 11.0. The number of nitrogens with one attached hydrogen (secondary N) is 1. The summed E-state index contributed by atoms with van der Waals surface area (Å²) in [7, 11) is 0. The van der Waals surface area contributed by atoms with Crippen molar-refractivity contribution < 1.29 is 23.6 Å². The molecular weight excluding hydrogens is 290 g/mol. The SMILES string of the molecule is O=C(Nc1onc(-c2cccnc2)c1C(=O)O)c1ccco1. The van der Waals surface area contributed by atoms with Crippen molar-refractivity contribution in [2.75, 3.05) is 5.32 Å². The van der Waals surface area contributed by atoms with E-state index in [4.69, 9.17) is 8.94 Å². The minimum absolute atomic E-state index is 0.0238. The van der Waals surface area contributed by atoms with Crippen LogP contribution in [0.4, 0.5) is 5.88 Å². The molecule has 0 spiro atoms. The predicted molar refractivity (Wildman–Crippen MR) is 73.4 cm³/mol. The van der Waals surface area contributed by atoms with Gasteiger partial charge in [-0.05, 0) is 24.3 Å². The number of hydrogen-bond acceptors (Lipinski definition) is 6. The minimum Gasteiger partial charge on any atom is -0.477 e. The van der Waals surface area contributed by atoms with Crippen LogP contribution >= 0.6 is 0 Å². The fourth-order valence-electron chi connectivity index (χ4n) is 1.85. The quantitative estimate of drug-likeness (QED) is 0.758. The molecule has 0 aliphatic rings. The molecule has 8 nitrogen and oxygen atoms in total. The standard InChI is InChI=1S/C14H9N3O5/c18-12(9-4-2-6-21-9)16-13-10(14(19)20)11(17-22-13)8-3-1-5-15-7-8/h1-7H,(H,16,18)(H,19,20). The molecule has 0 saturated heterocycles. The molecule has 3 aromatic rings. The van der Waals surface area contributed by atoms with Crippen LogP contribution in [-0.2, 0) is 0 Å². The predicted octanol–water partition coefficient (Wildman–Crippen LogP) is 2.28. The van der Waals surface area contributed by atoms with Gasteiger partial charge < -0.3 is 14.0 Å². The van der Waals surface area contributed by atoms with E-state index in [9.17, 15) is 14.7 Å². The zero-order chi connectivity index (χ0) is 15.5. The van der Waals surface area contributed by atoms with Crippen molar-refractivity contribution in [3.05, 3.63) is 54.2 Å². The molecule has 3 heterocycles. The highest BCUT2D eigenvalue weighted by atomic mass is 16.5. The third kappa shape index (κ3) is 2.44. The average molecular weight is 299 g/mol. The Labute approximate surface area is 123 Å². The number of carboxylic acids is 1. The van der Waals surface area contributed by atoms with Crippen LogP contribution < -0.4 is 5.32 Å². The molecule has 0 aliphatic heterocycles. The number of furan rings is 1. The van der Waals surface area contributed by atoms with Crippen molar-refractivity contribution in [2.24, 2.45) is 0 Å². The summed E-state index contributed by atoms with van der Waals surface area (Å²) in [5.74, 6) is -2.17. The summed E-state index contributed by atoms with van der Waals surface area (Å²) in [6, 6.07) is 6.24. The molecule has 0 saturated carbocycles. The van der Waals surface area contributed by atoms with Crippen molar-refractivity contribution in [3.8, 4) is 11.3 Å². The Bertz CT molecular complexity index is 808. The molecular formula is C14H9N3O5. The maximum atomic E-state index is 11.9. The van der Waals surface area contributed by atoms with Gasteiger partial charge >= 0.3 is 5.97 Å². The number of carboxylic acid groups (broad SMARTS) is 1. The van der Waals surface area contributed by atoms with E-state index in [2.05, 4.69) is 15.5 Å². The van der Waals surface area contributed by atoms with Crippen LogP contribution in [0, 0.1) is 0 Å². The molecule has 22 heavy (non-hydrogen) atoms. The van der Waals surface area contributed by atoms with E-state index in [0.29, 0.717) is 5.56 Å². The van der Waals surface area contributed by atoms with Gasteiger partial charge in [0.2, 0.25) is 5.88 Å². The van der Waals surface area contributed by atoms with Gasteiger partial charge in [0.05, 0.1) is 6.26 Å². The number of anilines is 1. The van der Waals surface area contributed by atoms with Crippen LogP contribution in [0.1, 0.15) is 20.9 Å². The van der Waals surface area contributed by atoms with Crippen LogP contribution in [0.5, 0.6) is 0 Å². The van der Waals surface area contributed by atoms with Crippen LogP contribution in [0.3, 0.4) is 0 Å². The third-order valence-corrected chi connectivity index (χ3v) is 2.81. The Morgan fingerprint density at radius 1 is 1.23 bits per heavy atom. The highest BCUT2D eigenvalue weighted by Gasteiger charge is 2.26. The highest BCUT2D eigenvalue weighted by molar-refractivity contribution is 6.07. The van der Waals surface area contributed by atoms with E-state index in [1.807, 2.05) is 0 Å².